The zero-order valence-corrected chi connectivity index (χ0v) is 10.4. The van der Waals surface area contributed by atoms with E-state index < -0.39 is 18.1 Å². The molecule has 96 valence electrons. The van der Waals surface area contributed by atoms with Crippen molar-refractivity contribution in [1.29, 1.82) is 0 Å². The van der Waals surface area contributed by atoms with Gasteiger partial charge in [-0.2, -0.15) is 0 Å². The number of likely N-dealkylation sites (tertiary alicyclic amines) is 1. The van der Waals surface area contributed by atoms with E-state index in [0.717, 1.165) is 5.69 Å². The molecule has 1 aliphatic rings. The lowest BCUT2D eigenvalue weighted by Gasteiger charge is -2.27. The Morgan fingerprint density at radius 1 is 1.44 bits per heavy atom. The smallest absolute Gasteiger partial charge is 0.174 e. The second-order valence-corrected chi connectivity index (χ2v) is 4.56. The Balaban J connectivity index is 2.06. The number of carboxylic acids is 1. The summed E-state index contributed by atoms with van der Waals surface area (Å²) < 4.78 is 0. The number of nitrogens with one attached hydrogen (secondary N) is 1. The normalized spacial score (nSPS) is 22.8. The first-order valence-corrected chi connectivity index (χ1v) is 6.00. The van der Waals surface area contributed by atoms with Crippen LogP contribution in [0.15, 0.2) is 30.3 Å². The maximum atomic E-state index is 11.0. The summed E-state index contributed by atoms with van der Waals surface area (Å²) in [7, 11) is 0. The highest BCUT2D eigenvalue weighted by Gasteiger charge is 2.33. The predicted molar refractivity (Wildman–Crippen MR) is 68.8 cm³/mol. The number of rotatable bonds is 2. The Morgan fingerprint density at radius 3 is 2.72 bits per heavy atom. The van der Waals surface area contributed by atoms with Crippen LogP contribution in [-0.2, 0) is 4.79 Å². The molecular formula is C12H13N2O3S-. The molecule has 1 saturated heterocycles. The van der Waals surface area contributed by atoms with E-state index in [0.29, 0.717) is 0 Å². The predicted octanol–water partition coefficient (Wildman–Crippen LogP) is -0.431. The molecule has 0 spiro atoms. The molecule has 2 N–H and O–H groups in total. The Hall–Kier alpha value is -1.66. The molecule has 0 radical (unpaired) electrons. The number of para-hydroxylation sites is 1. The third-order valence-electron chi connectivity index (χ3n) is 2.84. The fourth-order valence-corrected chi connectivity index (χ4v) is 2.30. The molecule has 0 aromatic heterocycles. The number of hydrogen-bond acceptors (Lipinski definition) is 4. The van der Waals surface area contributed by atoms with Gasteiger partial charge in [0.1, 0.15) is 0 Å². The van der Waals surface area contributed by atoms with Crippen LogP contribution in [0.4, 0.5) is 5.69 Å². The van der Waals surface area contributed by atoms with Crippen LogP contribution >= 0.6 is 12.2 Å². The lowest BCUT2D eigenvalue weighted by Crippen LogP contribution is -2.48. The van der Waals surface area contributed by atoms with E-state index in [4.69, 9.17) is 12.2 Å². The summed E-state index contributed by atoms with van der Waals surface area (Å²) in [5, 5.41) is 23.7. The number of aliphatic carboxylic acids is 1. The van der Waals surface area contributed by atoms with Gasteiger partial charge in [-0.25, -0.2) is 0 Å². The van der Waals surface area contributed by atoms with Gasteiger partial charge in [-0.15, -0.1) is 0 Å². The second kappa shape index (κ2) is 5.32. The van der Waals surface area contributed by atoms with Crippen LogP contribution in [0.5, 0.6) is 0 Å². The van der Waals surface area contributed by atoms with E-state index >= 15 is 0 Å². The molecule has 0 saturated carbocycles. The number of carbonyl (C=O) groups is 1. The number of anilines is 1. The summed E-state index contributed by atoms with van der Waals surface area (Å²) in [6, 6.07) is 8.35. The fraction of sp³-hybridized carbons (Fsp3) is 0.333. The van der Waals surface area contributed by atoms with Gasteiger partial charge in [0.25, 0.3) is 0 Å². The minimum atomic E-state index is -1.22. The third kappa shape index (κ3) is 2.77. The molecule has 18 heavy (non-hydrogen) atoms. The van der Waals surface area contributed by atoms with Crippen molar-refractivity contribution in [3.05, 3.63) is 30.3 Å². The zero-order chi connectivity index (χ0) is 13.1. The molecule has 2 rings (SSSR count). The van der Waals surface area contributed by atoms with Crippen LogP contribution < -0.4 is 10.4 Å². The molecule has 1 aromatic rings. The number of benzene rings is 1. The average molecular weight is 265 g/mol. The summed E-state index contributed by atoms with van der Waals surface area (Å²) in [4.78, 5) is 12.4. The van der Waals surface area contributed by atoms with Crippen LogP contribution in [0.25, 0.3) is 0 Å². The van der Waals surface area contributed by atoms with Crippen molar-refractivity contribution >= 4 is 29.0 Å². The van der Waals surface area contributed by atoms with Crippen molar-refractivity contribution in [3.8, 4) is 0 Å². The number of hydrogen-bond donors (Lipinski definition) is 2. The SMILES string of the molecule is O=C([O-])[C@@H]1C[C@@H](O)CN1C(=S)Nc1ccccc1. The monoisotopic (exact) mass is 265 g/mol. The van der Waals surface area contributed by atoms with Crippen molar-refractivity contribution in [3.63, 3.8) is 0 Å². The standard InChI is InChI=1S/C12H14N2O3S/c15-9-6-10(11(16)17)14(7-9)12(18)13-8-4-2-1-3-5-8/h1-5,9-10,15H,6-7H2,(H,13,18)(H,16,17)/p-1/t9-,10+/m1/s1. The minimum Gasteiger partial charge on any atom is -0.548 e. The highest BCUT2D eigenvalue weighted by molar-refractivity contribution is 7.80. The van der Waals surface area contributed by atoms with E-state index in [9.17, 15) is 15.0 Å². The van der Waals surface area contributed by atoms with E-state index in [1.807, 2.05) is 30.3 Å². The number of thiocarbonyl (C=S) groups is 1. The van der Waals surface area contributed by atoms with Crippen molar-refractivity contribution in [2.45, 2.75) is 18.6 Å². The molecule has 0 unspecified atom stereocenters. The zero-order valence-electron chi connectivity index (χ0n) is 9.57. The highest BCUT2D eigenvalue weighted by atomic mass is 32.1. The van der Waals surface area contributed by atoms with Gasteiger partial charge in [-0.1, -0.05) is 18.2 Å². The van der Waals surface area contributed by atoms with E-state index in [1.54, 1.807) is 0 Å². The number of nitrogens with zero attached hydrogens (tertiary/aromatic N) is 1. The average Bonchev–Trinajstić information content (AvgIpc) is 2.73. The van der Waals surface area contributed by atoms with Crippen LogP contribution in [0.1, 0.15) is 6.42 Å². The van der Waals surface area contributed by atoms with Crippen LogP contribution in [0.2, 0.25) is 0 Å². The summed E-state index contributed by atoms with van der Waals surface area (Å²) >= 11 is 5.16. The lowest BCUT2D eigenvalue weighted by atomic mass is 10.2. The first kappa shape index (κ1) is 12.8. The van der Waals surface area contributed by atoms with Crippen molar-refractivity contribution < 1.29 is 15.0 Å². The number of β-amino-alcohol motifs (C(OH)–C–C–N with tert-alkyl or cyclic N) is 1. The molecule has 1 aromatic carbocycles. The van der Waals surface area contributed by atoms with Crippen LogP contribution in [-0.4, -0.2) is 39.8 Å². The molecule has 1 heterocycles. The first-order valence-electron chi connectivity index (χ1n) is 5.59. The number of aliphatic hydroxyl groups is 1. The Bertz CT molecular complexity index is 452. The second-order valence-electron chi connectivity index (χ2n) is 4.17. The molecule has 1 fully saturated rings. The quantitative estimate of drug-likeness (QED) is 0.707. The van der Waals surface area contributed by atoms with Gasteiger partial charge >= 0.3 is 0 Å². The molecule has 0 amide bonds. The third-order valence-corrected chi connectivity index (χ3v) is 3.17. The Morgan fingerprint density at radius 2 is 2.11 bits per heavy atom. The Labute approximate surface area is 110 Å². The van der Waals surface area contributed by atoms with Gasteiger partial charge in [0, 0.05) is 18.7 Å². The first-order chi connectivity index (χ1) is 8.58. The van der Waals surface area contributed by atoms with Gasteiger partial charge in [0.2, 0.25) is 0 Å². The van der Waals surface area contributed by atoms with Gasteiger partial charge in [-0.05, 0) is 24.4 Å². The van der Waals surface area contributed by atoms with E-state index in [1.165, 1.54) is 4.90 Å². The number of carbonyl (C=O) groups excluding carboxylic acids is 1. The van der Waals surface area contributed by atoms with Gasteiger partial charge in [0.15, 0.2) is 5.11 Å². The number of carboxylic acid groups (broad SMARTS) is 1. The van der Waals surface area contributed by atoms with Crippen molar-refractivity contribution in [2.75, 3.05) is 11.9 Å². The fourth-order valence-electron chi connectivity index (χ4n) is 1.98. The van der Waals surface area contributed by atoms with Gasteiger partial charge in [0.05, 0.1) is 18.1 Å². The molecule has 5 nitrogen and oxygen atoms in total. The highest BCUT2D eigenvalue weighted by Crippen LogP contribution is 2.19. The number of aliphatic hydroxyl groups excluding tert-OH is 1. The molecule has 0 bridgehead atoms. The van der Waals surface area contributed by atoms with Crippen LogP contribution in [0, 0.1) is 0 Å². The maximum Gasteiger partial charge on any atom is 0.174 e. The summed E-state index contributed by atoms with van der Waals surface area (Å²) in [6.45, 7) is 0.206. The summed E-state index contributed by atoms with van der Waals surface area (Å²) in [5.41, 5.74) is 0.779. The Kier molecular flexibility index (Phi) is 3.78. The van der Waals surface area contributed by atoms with Crippen LogP contribution in [0.3, 0.4) is 0 Å². The largest absolute Gasteiger partial charge is 0.548 e. The molecule has 2 atom stereocenters. The summed E-state index contributed by atoms with van der Waals surface area (Å²) in [5.74, 6) is -1.22. The van der Waals surface area contributed by atoms with Crippen molar-refractivity contribution in [1.82, 2.24) is 4.90 Å². The minimum absolute atomic E-state index is 0.138. The molecule has 0 aliphatic carbocycles. The van der Waals surface area contributed by atoms with E-state index in [2.05, 4.69) is 5.32 Å². The van der Waals surface area contributed by atoms with E-state index in [-0.39, 0.29) is 18.1 Å². The summed E-state index contributed by atoms with van der Waals surface area (Å²) in [6.07, 6.45) is -0.553. The molecule has 1 aliphatic heterocycles. The van der Waals surface area contributed by atoms with Gasteiger partial charge in [-0.3, -0.25) is 0 Å². The molecule has 6 heteroatoms. The lowest BCUT2D eigenvalue weighted by molar-refractivity contribution is -0.310. The molecular weight excluding hydrogens is 252 g/mol. The van der Waals surface area contributed by atoms with Crippen molar-refractivity contribution in [2.24, 2.45) is 0 Å². The topological polar surface area (TPSA) is 75.6 Å². The van der Waals surface area contributed by atoms with Gasteiger partial charge < -0.3 is 25.2 Å². The maximum absolute atomic E-state index is 11.0.